The molecule has 0 aliphatic heterocycles. The van der Waals surface area contributed by atoms with Crippen LogP contribution < -0.4 is 4.74 Å². The Kier molecular flexibility index (Phi) is 4.14. The summed E-state index contributed by atoms with van der Waals surface area (Å²) in [7, 11) is 1.36. The number of phenols is 1. The number of carboxylic acid groups (broad SMARTS) is 1. The zero-order chi connectivity index (χ0) is 16.6. The van der Waals surface area contributed by atoms with E-state index in [1.54, 1.807) is 18.2 Å². The molecule has 2 N–H and O–H groups in total. The van der Waals surface area contributed by atoms with Gasteiger partial charge in [-0.05, 0) is 36.4 Å². The van der Waals surface area contributed by atoms with Gasteiger partial charge in [0.1, 0.15) is 10.6 Å². The van der Waals surface area contributed by atoms with Gasteiger partial charge in [0.15, 0.2) is 11.6 Å². The molecular formula is C16H11FO4S2. The number of aromatic hydroxyl groups is 1. The molecule has 0 saturated heterocycles. The number of carboxylic acids is 1. The van der Waals surface area contributed by atoms with Gasteiger partial charge >= 0.3 is 5.97 Å². The van der Waals surface area contributed by atoms with Crippen molar-refractivity contribution < 1.29 is 24.1 Å². The van der Waals surface area contributed by atoms with E-state index >= 15 is 0 Å². The molecule has 1 aromatic heterocycles. The van der Waals surface area contributed by atoms with Crippen LogP contribution in [-0.4, -0.2) is 23.3 Å². The zero-order valence-corrected chi connectivity index (χ0v) is 13.5. The van der Waals surface area contributed by atoms with E-state index in [0.29, 0.717) is 14.5 Å². The number of thiophene rings is 1. The predicted molar refractivity (Wildman–Crippen MR) is 87.5 cm³/mol. The molecule has 0 spiro atoms. The van der Waals surface area contributed by atoms with Gasteiger partial charge in [-0.1, -0.05) is 11.8 Å². The molecule has 0 aliphatic rings. The largest absolute Gasteiger partial charge is 0.508 e. The van der Waals surface area contributed by atoms with Gasteiger partial charge in [-0.2, -0.15) is 0 Å². The Labute approximate surface area is 139 Å². The Bertz CT molecular complexity index is 887. The predicted octanol–water partition coefficient (Wildman–Crippen LogP) is 4.60. The second-order valence-corrected chi connectivity index (χ2v) is 6.75. The molecule has 0 aliphatic carbocycles. The minimum atomic E-state index is -1.11. The van der Waals surface area contributed by atoms with Crippen molar-refractivity contribution in [3.63, 3.8) is 0 Å². The Hall–Kier alpha value is -2.25. The number of ether oxygens (including phenoxy) is 1. The molecule has 0 amide bonds. The summed E-state index contributed by atoms with van der Waals surface area (Å²) in [6, 6.07) is 9.41. The van der Waals surface area contributed by atoms with Crippen molar-refractivity contribution in [1.82, 2.24) is 0 Å². The molecule has 0 fully saturated rings. The van der Waals surface area contributed by atoms with Crippen molar-refractivity contribution in [2.24, 2.45) is 0 Å². The Morgan fingerprint density at radius 2 is 1.91 bits per heavy atom. The third-order valence-electron chi connectivity index (χ3n) is 3.18. The third-order valence-corrected chi connectivity index (χ3v) is 5.58. The fourth-order valence-electron chi connectivity index (χ4n) is 2.13. The minimum absolute atomic E-state index is 0.0693. The number of aromatic carboxylic acids is 1. The van der Waals surface area contributed by atoms with Crippen LogP contribution in [-0.2, 0) is 0 Å². The zero-order valence-electron chi connectivity index (χ0n) is 11.9. The topological polar surface area (TPSA) is 66.8 Å². The maximum Gasteiger partial charge on any atom is 0.347 e. The molecule has 0 unspecified atom stereocenters. The minimum Gasteiger partial charge on any atom is -0.508 e. The molecule has 7 heteroatoms. The van der Waals surface area contributed by atoms with Gasteiger partial charge in [0.2, 0.25) is 0 Å². The quantitative estimate of drug-likeness (QED) is 0.719. The molecule has 3 rings (SSSR count). The molecular weight excluding hydrogens is 339 g/mol. The lowest BCUT2D eigenvalue weighted by atomic mass is 10.2. The first-order valence-electron chi connectivity index (χ1n) is 6.50. The van der Waals surface area contributed by atoms with Crippen molar-refractivity contribution in [2.75, 3.05) is 7.11 Å². The maximum absolute atomic E-state index is 14.6. The smallest absolute Gasteiger partial charge is 0.347 e. The molecule has 4 nitrogen and oxygen atoms in total. The van der Waals surface area contributed by atoms with Gasteiger partial charge in [0.05, 0.1) is 7.11 Å². The molecule has 1 heterocycles. The van der Waals surface area contributed by atoms with Crippen LogP contribution in [0.5, 0.6) is 11.5 Å². The second-order valence-electron chi connectivity index (χ2n) is 4.62. The van der Waals surface area contributed by atoms with Gasteiger partial charge in [-0.3, -0.25) is 0 Å². The van der Waals surface area contributed by atoms with E-state index in [4.69, 9.17) is 4.74 Å². The Morgan fingerprint density at radius 3 is 2.52 bits per heavy atom. The molecule has 23 heavy (non-hydrogen) atoms. The molecule has 2 aromatic carbocycles. The van der Waals surface area contributed by atoms with Crippen molar-refractivity contribution in [2.45, 2.75) is 9.79 Å². The molecule has 0 saturated carbocycles. The third kappa shape index (κ3) is 2.85. The fraction of sp³-hybridized carbons (Fsp3) is 0.0625. The van der Waals surface area contributed by atoms with E-state index in [-0.39, 0.29) is 21.8 Å². The van der Waals surface area contributed by atoms with Crippen LogP contribution in [0.2, 0.25) is 0 Å². The van der Waals surface area contributed by atoms with E-state index in [1.165, 1.54) is 25.3 Å². The van der Waals surface area contributed by atoms with Crippen LogP contribution in [0.3, 0.4) is 0 Å². The van der Waals surface area contributed by atoms with E-state index in [0.717, 1.165) is 23.1 Å². The number of carbonyl (C=O) groups is 1. The first kappa shape index (κ1) is 15.6. The summed E-state index contributed by atoms with van der Waals surface area (Å²) in [6.45, 7) is 0. The normalized spacial score (nSPS) is 10.9. The first-order chi connectivity index (χ1) is 11.0. The Morgan fingerprint density at radius 1 is 1.22 bits per heavy atom. The summed E-state index contributed by atoms with van der Waals surface area (Å²) in [6.07, 6.45) is 0. The maximum atomic E-state index is 14.6. The van der Waals surface area contributed by atoms with Crippen molar-refractivity contribution in [1.29, 1.82) is 0 Å². The number of hydrogen-bond donors (Lipinski definition) is 2. The SMILES string of the molecule is COc1ccc2sc(C(=O)O)c(Sc3ccc(O)cc3)c2c1F. The highest BCUT2D eigenvalue weighted by molar-refractivity contribution is 7.99. The molecule has 3 aromatic rings. The summed E-state index contributed by atoms with van der Waals surface area (Å²) in [5, 5.41) is 19.0. The van der Waals surface area contributed by atoms with Crippen molar-refractivity contribution in [3.05, 3.63) is 47.1 Å². The highest BCUT2D eigenvalue weighted by Crippen LogP contribution is 2.44. The number of benzene rings is 2. The second kappa shape index (κ2) is 6.10. The lowest BCUT2D eigenvalue weighted by Crippen LogP contribution is -1.94. The van der Waals surface area contributed by atoms with Gasteiger partial charge < -0.3 is 14.9 Å². The highest BCUT2D eigenvalue weighted by Gasteiger charge is 2.23. The average molecular weight is 350 g/mol. The lowest BCUT2D eigenvalue weighted by molar-refractivity contribution is 0.0699. The van der Waals surface area contributed by atoms with E-state index < -0.39 is 11.8 Å². The number of phenolic OH excluding ortho intramolecular Hbond substituents is 1. The van der Waals surface area contributed by atoms with Gasteiger partial charge in [0, 0.05) is 19.9 Å². The molecule has 0 atom stereocenters. The highest BCUT2D eigenvalue weighted by atomic mass is 32.2. The van der Waals surface area contributed by atoms with Crippen LogP contribution in [0.4, 0.5) is 4.39 Å². The van der Waals surface area contributed by atoms with Gasteiger partial charge in [0.25, 0.3) is 0 Å². The van der Waals surface area contributed by atoms with E-state index in [9.17, 15) is 19.4 Å². The van der Waals surface area contributed by atoms with Crippen LogP contribution in [0, 0.1) is 5.82 Å². The first-order valence-corrected chi connectivity index (χ1v) is 8.13. The average Bonchev–Trinajstić information content (AvgIpc) is 2.89. The van der Waals surface area contributed by atoms with Crippen molar-refractivity contribution >= 4 is 39.2 Å². The van der Waals surface area contributed by atoms with E-state index in [1.807, 2.05) is 0 Å². The molecule has 0 bridgehead atoms. The number of fused-ring (bicyclic) bond motifs is 1. The van der Waals surface area contributed by atoms with Crippen LogP contribution in [0.25, 0.3) is 10.1 Å². The van der Waals surface area contributed by atoms with Crippen LogP contribution >= 0.6 is 23.1 Å². The Balaban J connectivity index is 2.21. The van der Waals surface area contributed by atoms with Gasteiger partial charge in [-0.25, -0.2) is 9.18 Å². The van der Waals surface area contributed by atoms with E-state index in [2.05, 4.69) is 0 Å². The summed E-state index contributed by atoms with van der Waals surface area (Å²) in [4.78, 5) is 12.6. The standard InChI is InChI=1S/C16H11FO4S2/c1-21-10-6-7-11-12(13(10)17)14(15(23-11)16(19)20)22-9-4-2-8(18)3-5-9/h2-7,18H,1H3,(H,19,20). The number of rotatable bonds is 4. The fourth-order valence-corrected chi connectivity index (χ4v) is 4.37. The lowest BCUT2D eigenvalue weighted by Gasteiger charge is -2.06. The summed E-state index contributed by atoms with van der Waals surface area (Å²) >= 11 is 2.17. The monoisotopic (exact) mass is 350 g/mol. The summed E-state index contributed by atoms with van der Waals surface area (Å²) < 4.78 is 20.1. The summed E-state index contributed by atoms with van der Waals surface area (Å²) in [5.41, 5.74) is 0. The van der Waals surface area contributed by atoms with Crippen LogP contribution in [0.15, 0.2) is 46.2 Å². The van der Waals surface area contributed by atoms with Crippen molar-refractivity contribution in [3.8, 4) is 11.5 Å². The number of hydrogen-bond acceptors (Lipinski definition) is 5. The number of halogens is 1. The number of methoxy groups -OCH3 is 1. The molecule has 0 radical (unpaired) electrons. The van der Waals surface area contributed by atoms with Gasteiger partial charge in [-0.15, -0.1) is 11.3 Å². The molecule has 118 valence electrons. The van der Waals surface area contributed by atoms with Crippen LogP contribution in [0.1, 0.15) is 9.67 Å². The summed E-state index contributed by atoms with van der Waals surface area (Å²) in [5.74, 6) is -1.50.